The van der Waals surface area contributed by atoms with Crippen molar-refractivity contribution in [1.82, 2.24) is 8.69 Å². The van der Waals surface area contributed by atoms with Gasteiger partial charge in [0.25, 0.3) is 0 Å². The van der Waals surface area contributed by atoms with Gasteiger partial charge in [0.05, 0.1) is 0 Å². The molecule has 1 heterocycles. The van der Waals surface area contributed by atoms with Crippen LogP contribution >= 0.6 is 0 Å². The van der Waals surface area contributed by atoms with E-state index in [-0.39, 0.29) is 11.3 Å². The van der Waals surface area contributed by atoms with Gasteiger partial charge in [0.15, 0.2) is 5.78 Å². The number of nitrogens with one attached hydrogen (secondary N) is 2. The van der Waals surface area contributed by atoms with Crippen molar-refractivity contribution in [2.24, 2.45) is 0 Å². The Hall–Kier alpha value is -2.61. The lowest BCUT2D eigenvalue weighted by atomic mass is 9.76. The van der Waals surface area contributed by atoms with Crippen LogP contribution in [0.25, 0.3) is 0 Å². The van der Waals surface area contributed by atoms with Gasteiger partial charge >= 0.3 is 16.2 Å². The van der Waals surface area contributed by atoms with Crippen molar-refractivity contribution < 1.29 is 18.0 Å². The Bertz CT molecular complexity index is 991. The third-order valence-electron chi connectivity index (χ3n) is 4.83. The van der Waals surface area contributed by atoms with Crippen molar-refractivity contribution in [2.75, 3.05) is 5.32 Å². The maximum Gasteiger partial charge on any atom is 0.334 e. The molecule has 2 aliphatic carbocycles. The number of benzene rings is 1. The largest absolute Gasteiger partial charge is 0.334 e. The van der Waals surface area contributed by atoms with E-state index < -0.39 is 16.2 Å². The Morgan fingerprint density at radius 1 is 1.08 bits per heavy atom. The molecule has 8 heteroatoms. The van der Waals surface area contributed by atoms with Gasteiger partial charge in [0.1, 0.15) is 0 Å². The first-order valence-corrected chi connectivity index (χ1v) is 9.49. The van der Waals surface area contributed by atoms with E-state index in [1.54, 1.807) is 0 Å². The average molecular weight is 359 g/mol. The zero-order valence-corrected chi connectivity index (χ0v) is 14.4. The number of ketones is 1. The number of carbonyl (C=O) groups excluding carboxylic acids is 2. The van der Waals surface area contributed by atoms with Gasteiger partial charge in [-0.3, -0.25) is 4.79 Å². The van der Waals surface area contributed by atoms with Crippen LogP contribution in [0.5, 0.6) is 0 Å². The minimum absolute atomic E-state index is 0.249. The standard InChI is InChI=1S/C17H17N3O4S/c1-10(21)13-6-7-20(9-13)25(23,24)19-17(22)18-16-14-4-2-11(14)8-12-3-5-15(12)16/h6-9H,2-5H2,1H3,(H2,18,19,22). The number of nitrogens with zero attached hydrogens (tertiary/aromatic N) is 1. The first-order chi connectivity index (χ1) is 11.8. The molecule has 25 heavy (non-hydrogen) atoms. The maximum atomic E-state index is 12.3. The van der Waals surface area contributed by atoms with Crippen LogP contribution in [0.2, 0.25) is 0 Å². The fourth-order valence-electron chi connectivity index (χ4n) is 3.27. The Labute approximate surface area is 145 Å². The predicted molar refractivity (Wildman–Crippen MR) is 92.2 cm³/mol. The van der Waals surface area contributed by atoms with E-state index in [0.717, 1.165) is 46.5 Å². The second-order valence-electron chi connectivity index (χ2n) is 6.37. The number of hydrogen-bond acceptors (Lipinski definition) is 4. The van der Waals surface area contributed by atoms with E-state index in [1.807, 2.05) is 4.72 Å². The first kappa shape index (κ1) is 15.9. The van der Waals surface area contributed by atoms with E-state index in [4.69, 9.17) is 0 Å². The summed E-state index contributed by atoms with van der Waals surface area (Å²) < 4.78 is 27.4. The van der Waals surface area contributed by atoms with Crippen molar-refractivity contribution in [3.8, 4) is 0 Å². The fourth-order valence-corrected chi connectivity index (χ4v) is 4.13. The normalized spacial score (nSPS) is 14.6. The van der Waals surface area contributed by atoms with Crippen molar-refractivity contribution in [2.45, 2.75) is 32.6 Å². The second kappa shape index (κ2) is 5.45. The highest BCUT2D eigenvalue weighted by Gasteiger charge is 2.28. The van der Waals surface area contributed by atoms with Crippen LogP contribution in [0.3, 0.4) is 0 Å². The summed E-state index contributed by atoms with van der Waals surface area (Å²) in [6.07, 6.45) is 6.19. The highest BCUT2D eigenvalue weighted by molar-refractivity contribution is 7.88. The number of aryl methyl sites for hydroxylation is 2. The predicted octanol–water partition coefficient (Wildman–Crippen LogP) is 1.80. The van der Waals surface area contributed by atoms with Crippen LogP contribution in [0.4, 0.5) is 10.5 Å². The molecule has 0 radical (unpaired) electrons. The highest BCUT2D eigenvalue weighted by Crippen LogP contribution is 2.40. The maximum absolute atomic E-state index is 12.3. The lowest BCUT2D eigenvalue weighted by Gasteiger charge is -2.32. The van der Waals surface area contributed by atoms with Crippen molar-refractivity contribution in [3.63, 3.8) is 0 Å². The summed E-state index contributed by atoms with van der Waals surface area (Å²) in [5.74, 6) is -0.249. The molecule has 130 valence electrons. The third-order valence-corrected chi connectivity index (χ3v) is 6.05. The van der Waals surface area contributed by atoms with Gasteiger partial charge in [-0.25, -0.2) is 13.5 Å². The van der Waals surface area contributed by atoms with Crippen molar-refractivity contribution in [3.05, 3.63) is 52.3 Å². The zero-order chi connectivity index (χ0) is 17.8. The van der Waals surface area contributed by atoms with E-state index in [1.165, 1.54) is 36.5 Å². The van der Waals surface area contributed by atoms with Gasteiger partial charge < -0.3 is 5.32 Å². The molecule has 0 aliphatic heterocycles. The monoisotopic (exact) mass is 359 g/mol. The third kappa shape index (κ3) is 2.62. The molecule has 1 aromatic carbocycles. The number of urea groups is 1. The van der Waals surface area contributed by atoms with E-state index in [9.17, 15) is 18.0 Å². The first-order valence-electron chi connectivity index (χ1n) is 8.05. The van der Waals surface area contributed by atoms with Crippen LogP contribution in [0.15, 0.2) is 24.5 Å². The topological polar surface area (TPSA) is 97.3 Å². The summed E-state index contributed by atoms with van der Waals surface area (Å²) >= 11 is 0. The van der Waals surface area contributed by atoms with Gasteiger partial charge in [0.2, 0.25) is 0 Å². The molecule has 1 aromatic heterocycles. The summed E-state index contributed by atoms with van der Waals surface area (Å²) in [6, 6.07) is 2.77. The molecular weight excluding hydrogens is 342 g/mol. The molecule has 0 atom stereocenters. The Kier molecular flexibility index (Phi) is 3.47. The van der Waals surface area contributed by atoms with Crippen LogP contribution in [-0.4, -0.2) is 24.2 Å². The van der Waals surface area contributed by atoms with Crippen LogP contribution < -0.4 is 10.0 Å². The SMILES string of the molecule is CC(=O)c1ccn(S(=O)(=O)NC(=O)Nc2c3c(cc4c2CC4)CC3)c1. The lowest BCUT2D eigenvalue weighted by Crippen LogP contribution is -2.38. The molecule has 0 saturated heterocycles. The number of hydrogen-bond donors (Lipinski definition) is 2. The van der Waals surface area contributed by atoms with E-state index >= 15 is 0 Å². The van der Waals surface area contributed by atoms with E-state index in [2.05, 4.69) is 11.4 Å². The molecule has 0 fully saturated rings. The number of anilines is 1. The highest BCUT2D eigenvalue weighted by atomic mass is 32.2. The van der Waals surface area contributed by atoms with Gasteiger partial charge in [-0.1, -0.05) is 6.07 Å². The van der Waals surface area contributed by atoms with Gasteiger partial charge in [0, 0.05) is 23.6 Å². The Morgan fingerprint density at radius 2 is 1.72 bits per heavy atom. The molecule has 7 nitrogen and oxygen atoms in total. The summed E-state index contributed by atoms with van der Waals surface area (Å²) in [5, 5.41) is 2.71. The summed E-state index contributed by atoms with van der Waals surface area (Å²) in [7, 11) is -4.10. The molecule has 0 bridgehead atoms. The van der Waals surface area contributed by atoms with Crippen LogP contribution in [0, 0.1) is 0 Å². The molecule has 0 unspecified atom stereocenters. The molecule has 2 amide bonds. The zero-order valence-electron chi connectivity index (χ0n) is 13.6. The molecular formula is C17H17N3O4S. The number of amides is 2. The van der Waals surface area contributed by atoms with Gasteiger partial charge in [-0.05, 0) is 60.9 Å². The number of Topliss-reactive ketones (excluding diaryl/α,β-unsaturated/α-hetero) is 1. The molecule has 2 N–H and O–H groups in total. The van der Waals surface area contributed by atoms with Crippen LogP contribution in [-0.2, 0) is 35.9 Å². The van der Waals surface area contributed by atoms with Crippen LogP contribution in [0.1, 0.15) is 39.5 Å². The molecule has 2 aromatic rings. The minimum Gasteiger partial charge on any atom is -0.307 e. The van der Waals surface area contributed by atoms with Gasteiger partial charge in [-0.2, -0.15) is 8.42 Å². The Balaban J connectivity index is 1.54. The number of fused-ring (bicyclic) bond motifs is 2. The van der Waals surface area contributed by atoms with Crippen molar-refractivity contribution >= 4 is 27.7 Å². The molecule has 0 spiro atoms. The minimum atomic E-state index is -4.10. The fraction of sp³-hybridized carbons (Fsp3) is 0.294. The lowest BCUT2D eigenvalue weighted by molar-refractivity contribution is 0.101. The summed E-state index contributed by atoms with van der Waals surface area (Å²) in [5.41, 5.74) is 5.68. The quantitative estimate of drug-likeness (QED) is 0.814. The summed E-state index contributed by atoms with van der Waals surface area (Å²) in [6.45, 7) is 1.34. The second-order valence-corrected chi connectivity index (χ2v) is 7.95. The summed E-state index contributed by atoms with van der Waals surface area (Å²) in [4.78, 5) is 23.5. The average Bonchev–Trinajstić information content (AvgIpc) is 2.94. The number of rotatable bonds is 4. The Morgan fingerprint density at radius 3 is 2.20 bits per heavy atom. The number of aromatic nitrogens is 1. The molecule has 2 aliphatic rings. The van der Waals surface area contributed by atoms with Crippen molar-refractivity contribution in [1.29, 1.82) is 0 Å². The molecule has 0 saturated carbocycles. The van der Waals surface area contributed by atoms with Gasteiger partial charge in [-0.15, -0.1) is 0 Å². The molecule has 4 rings (SSSR count). The number of carbonyl (C=O) groups is 2. The smallest absolute Gasteiger partial charge is 0.307 e. The van der Waals surface area contributed by atoms with E-state index in [0.29, 0.717) is 0 Å².